The summed E-state index contributed by atoms with van der Waals surface area (Å²) >= 11 is 2.09. The fraction of sp³-hybridized carbons (Fsp3) is 0.222. The van der Waals surface area contributed by atoms with E-state index in [-0.39, 0.29) is 0 Å². The van der Waals surface area contributed by atoms with Crippen molar-refractivity contribution in [2.75, 3.05) is 12.3 Å². The molecule has 0 radical (unpaired) electrons. The predicted octanol–water partition coefficient (Wildman–Crippen LogP) is 2.14. The quantitative estimate of drug-likeness (QED) is 0.670. The standard InChI is InChI=1S/C9H9IN2O/c1-2-13-9-4-8(12)7(10)3-6(9)5-11/h3-4H,2,12H2,1H3. The molecule has 1 aromatic rings. The van der Waals surface area contributed by atoms with Gasteiger partial charge in [0.2, 0.25) is 0 Å². The average Bonchev–Trinajstić information content (AvgIpc) is 2.11. The van der Waals surface area contributed by atoms with Crippen LogP contribution < -0.4 is 10.5 Å². The van der Waals surface area contributed by atoms with Gasteiger partial charge in [-0.15, -0.1) is 0 Å². The molecular formula is C9H9IN2O. The number of nitrogens with zero attached hydrogens (tertiary/aromatic N) is 1. The summed E-state index contributed by atoms with van der Waals surface area (Å²) in [6, 6.07) is 5.47. The molecule has 0 aliphatic rings. The monoisotopic (exact) mass is 288 g/mol. The fourth-order valence-electron chi connectivity index (χ4n) is 0.931. The molecule has 0 heterocycles. The van der Waals surface area contributed by atoms with Crippen LogP contribution in [0.3, 0.4) is 0 Å². The summed E-state index contributed by atoms with van der Waals surface area (Å²) in [6.07, 6.45) is 0. The Morgan fingerprint density at radius 3 is 2.85 bits per heavy atom. The maximum absolute atomic E-state index is 8.79. The van der Waals surface area contributed by atoms with E-state index in [0.717, 1.165) is 3.57 Å². The third-order valence-corrected chi connectivity index (χ3v) is 2.45. The highest BCUT2D eigenvalue weighted by atomic mass is 127. The van der Waals surface area contributed by atoms with Gasteiger partial charge < -0.3 is 10.5 Å². The topological polar surface area (TPSA) is 59.0 Å². The van der Waals surface area contributed by atoms with Crippen molar-refractivity contribution in [3.05, 3.63) is 21.3 Å². The summed E-state index contributed by atoms with van der Waals surface area (Å²) in [4.78, 5) is 0. The van der Waals surface area contributed by atoms with E-state index in [0.29, 0.717) is 23.6 Å². The summed E-state index contributed by atoms with van der Waals surface area (Å²) in [5, 5.41) is 8.79. The van der Waals surface area contributed by atoms with E-state index in [4.69, 9.17) is 15.7 Å². The van der Waals surface area contributed by atoms with Crippen LogP contribution in [0.2, 0.25) is 0 Å². The molecule has 1 rings (SSSR count). The summed E-state index contributed by atoms with van der Waals surface area (Å²) < 4.78 is 6.13. The molecule has 0 spiro atoms. The van der Waals surface area contributed by atoms with Crippen LogP contribution in [0.15, 0.2) is 12.1 Å². The molecule has 0 amide bonds. The molecular weight excluding hydrogens is 279 g/mol. The second-order valence-corrected chi connectivity index (χ2v) is 3.58. The van der Waals surface area contributed by atoms with Crippen molar-refractivity contribution in [3.63, 3.8) is 0 Å². The summed E-state index contributed by atoms with van der Waals surface area (Å²) in [5.74, 6) is 0.558. The van der Waals surface area contributed by atoms with Gasteiger partial charge >= 0.3 is 0 Å². The van der Waals surface area contributed by atoms with Crippen LogP contribution in [0.1, 0.15) is 12.5 Å². The summed E-state index contributed by atoms with van der Waals surface area (Å²) in [5.41, 5.74) is 6.85. The zero-order valence-electron chi connectivity index (χ0n) is 7.17. The van der Waals surface area contributed by atoms with Crippen LogP contribution in [-0.2, 0) is 0 Å². The smallest absolute Gasteiger partial charge is 0.139 e. The first-order chi connectivity index (χ1) is 6.19. The zero-order valence-corrected chi connectivity index (χ0v) is 9.33. The molecule has 0 aromatic heterocycles. The number of ether oxygens (including phenoxy) is 1. The van der Waals surface area contributed by atoms with Gasteiger partial charge in [-0.2, -0.15) is 5.26 Å². The Labute approximate surface area is 90.6 Å². The molecule has 0 aliphatic heterocycles. The SMILES string of the molecule is CCOc1cc(N)c(I)cc1C#N. The van der Waals surface area contributed by atoms with Crippen molar-refractivity contribution in [2.24, 2.45) is 0 Å². The predicted molar refractivity (Wildman–Crippen MR) is 59.5 cm³/mol. The molecule has 1 aromatic carbocycles. The maximum atomic E-state index is 8.79. The molecule has 0 aliphatic carbocycles. The Morgan fingerprint density at radius 1 is 1.62 bits per heavy atom. The Kier molecular flexibility index (Phi) is 3.37. The average molecular weight is 288 g/mol. The van der Waals surface area contributed by atoms with E-state index >= 15 is 0 Å². The molecule has 0 atom stereocenters. The Hall–Kier alpha value is -0.960. The minimum atomic E-state index is 0.528. The molecule has 0 bridgehead atoms. The molecule has 13 heavy (non-hydrogen) atoms. The number of anilines is 1. The second-order valence-electron chi connectivity index (χ2n) is 2.41. The van der Waals surface area contributed by atoms with Gasteiger partial charge in [-0.1, -0.05) is 0 Å². The third-order valence-electron chi connectivity index (χ3n) is 1.52. The van der Waals surface area contributed by atoms with E-state index in [1.165, 1.54) is 0 Å². The van der Waals surface area contributed by atoms with E-state index in [2.05, 4.69) is 28.7 Å². The molecule has 0 saturated carbocycles. The Morgan fingerprint density at radius 2 is 2.31 bits per heavy atom. The minimum absolute atomic E-state index is 0.528. The van der Waals surface area contributed by atoms with Gasteiger partial charge in [0.1, 0.15) is 11.8 Å². The number of rotatable bonds is 2. The highest BCUT2D eigenvalue weighted by Gasteiger charge is 2.06. The zero-order chi connectivity index (χ0) is 9.84. The van der Waals surface area contributed by atoms with Crippen molar-refractivity contribution in [1.29, 1.82) is 5.26 Å². The molecule has 0 fully saturated rings. The molecule has 68 valence electrons. The Bertz CT molecular complexity index is 357. The van der Waals surface area contributed by atoms with Crippen molar-refractivity contribution in [1.82, 2.24) is 0 Å². The fourth-order valence-corrected chi connectivity index (χ4v) is 1.40. The second kappa shape index (κ2) is 4.33. The summed E-state index contributed by atoms with van der Waals surface area (Å²) in [7, 11) is 0. The van der Waals surface area contributed by atoms with Crippen molar-refractivity contribution >= 4 is 28.3 Å². The van der Waals surface area contributed by atoms with Gasteiger partial charge in [-0.3, -0.25) is 0 Å². The number of benzene rings is 1. The first-order valence-corrected chi connectivity index (χ1v) is 4.88. The first-order valence-electron chi connectivity index (χ1n) is 3.81. The van der Waals surface area contributed by atoms with E-state index in [1.54, 1.807) is 12.1 Å². The molecule has 0 saturated heterocycles. The van der Waals surface area contributed by atoms with E-state index in [9.17, 15) is 0 Å². The molecule has 0 unspecified atom stereocenters. The van der Waals surface area contributed by atoms with Gasteiger partial charge in [0.25, 0.3) is 0 Å². The molecule has 3 nitrogen and oxygen atoms in total. The van der Waals surface area contributed by atoms with Gasteiger partial charge in [0, 0.05) is 15.3 Å². The lowest BCUT2D eigenvalue weighted by Gasteiger charge is -2.07. The Balaban J connectivity index is 3.18. The van der Waals surface area contributed by atoms with Gasteiger partial charge in [-0.25, -0.2) is 0 Å². The largest absolute Gasteiger partial charge is 0.492 e. The number of nitrogens with two attached hydrogens (primary N) is 1. The van der Waals surface area contributed by atoms with Crippen molar-refractivity contribution < 1.29 is 4.74 Å². The highest BCUT2D eigenvalue weighted by molar-refractivity contribution is 14.1. The lowest BCUT2D eigenvalue weighted by molar-refractivity contribution is 0.339. The summed E-state index contributed by atoms with van der Waals surface area (Å²) in [6.45, 7) is 2.41. The maximum Gasteiger partial charge on any atom is 0.139 e. The number of hydrogen-bond acceptors (Lipinski definition) is 3. The molecule has 2 N–H and O–H groups in total. The van der Waals surface area contributed by atoms with Crippen LogP contribution in [0, 0.1) is 14.9 Å². The van der Waals surface area contributed by atoms with E-state index in [1.807, 2.05) is 6.92 Å². The van der Waals surface area contributed by atoms with Crippen LogP contribution >= 0.6 is 22.6 Å². The van der Waals surface area contributed by atoms with Crippen molar-refractivity contribution in [2.45, 2.75) is 6.92 Å². The van der Waals surface area contributed by atoms with Gasteiger partial charge in [-0.05, 0) is 35.6 Å². The highest BCUT2D eigenvalue weighted by Crippen LogP contribution is 2.25. The first kappa shape index (κ1) is 10.1. The van der Waals surface area contributed by atoms with Crippen LogP contribution in [-0.4, -0.2) is 6.61 Å². The van der Waals surface area contributed by atoms with Crippen LogP contribution in [0.4, 0.5) is 5.69 Å². The molecule has 4 heteroatoms. The van der Waals surface area contributed by atoms with Crippen LogP contribution in [0.5, 0.6) is 5.75 Å². The van der Waals surface area contributed by atoms with Crippen molar-refractivity contribution in [3.8, 4) is 11.8 Å². The third kappa shape index (κ3) is 2.25. The normalized spacial score (nSPS) is 9.31. The minimum Gasteiger partial charge on any atom is -0.492 e. The number of nitriles is 1. The van der Waals surface area contributed by atoms with Gasteiger partial charge in [0.05, 0.1) is 12.2 Å². The van der Waals surface area contributed by atoms with Crippen LogP contribution in [0.25, 0.3) is 0 Å². The number of halogens is 1. The number of hydrogen-bond donors (Lipinski definition) is 1. The van der Waals surface area contributed by atoms with Gasteiger partial charge in [0.15, 0.2) is 0 Å². The lowest BCUT2D eigenvalue weighted by Crippen LogP contribution is -1.98. The number of nitrogen functional groups attached to an aromatic ring is 1. The lowest BCUT2D eigenvalue weighted by atomic mass is 10.2. The van der Waals surface area contributed by atoms with E-state index < -0.39 is 0 Å².